The van der Waals surface area contributed by atoms with Crippen molar-refractivity contribution in [3.05, 3.63) is 96.2 Å². The Morgan fingerprint density at radius 3 is 2.51 bits per heavy atom. The number of furan rings is 1. The van der Waals surface area contributed by atoms with E-state index in [0.717, 1.165) is 49.4 Å². The van der Waals surface area contributed by atoms with Crippen molar-refractivity contribution in [3.63, 3.8) is 0 Å². The average molecular weight is 605 g/mol. The quantitative estimate of drug-likeness (QED) is 0.241. The second-order valence-electron chi connectivity index (χ2n) is 11.2. The number of carboxylic acid groups (broad SMARTS) is 1. The Hall–Kier alpha value is -4.15. The fraction of sp³-hybridized carbons (Fsp3) is 0.303. The van der Waals surface area contributed by atoms with Gasteiger partial charge in [0.25, 0.3) is 0 Å². The molecule has 1 atom stereocenters. The smallest absolute Gasteiger partial charge is 0.338 e. The van der Waals surface area contributed by atoms with Gasteiger partial charge in [0.1, 0.15) is 23.1 Å². The maximum atomic E-state index is 14.4. The van der Waals surface area contributed by atoms with Crippen molar-refractivity contribution in [2.75, 3.05) is 18.5 Å². The summed E-state index contributed by atoms with van der Waals surface area (Å²) in [6.45, 7) is 0.579. The van der Waals surface area contributed by atoms with Crippen molar-refractivity contribution >= 4 is 27.4 Å². The summed E-state index contributed by atoms with van der Waals surface area (Å²) in [5.74, 6) is -1.77. The average Bonchev–Trinajstić information content (AvgIpc) is 3.52. The van der Waals surface area contributed by atoms with E-state index in [9.17, 15) is 22.7 Å². The van der Waals surface area contributed by atoms with Crippen molar-refractivity contribution in [1.82, 2.24) is 4.31 Å². The summed E-state index contributed by atoms with van der Waals surface area (Å²) in [6, 6.07) is 18.1. The molecule has 6 rings (SSSR count). The van der Waals surface area contributed by atoms with E-state index in [1.807, 2.05) is 35.2 Å². The van der Waals surface area contributed by atoms with Crippen molar-refractivity contribution in [3.8, 4) is 16.9 Å². The molecule has 43 heavy (non-hydrogen) atoms. The molecule has 0 radical (unpaired) electrons. The van der Waals surface area contributed by atoms with Crippen LogP contribution in [0.4, 0.5) is 15.8 Å². The van der Waals surface area contributed by atoms with Crippen LogP contribution in [0.2, 0.25) is 0 Å². The molecule has 4 aromatic rings. The highest BCUT2D eigenvalue weighted by Gasteiger charge is 2.41. The molecule has 0 unspecified atom stereocenters. The number of fused-ring (bicyclic) bond motifs is 1. The van der Waals surface area contributed by atoms with E-state index >= 15 is 0 Å². The van der Waals surface area contributed by atoms with Gasteiger partial charge < -0.3 is 19.2 Å². The van der Waals surface area contributed by atoms with E-state index in [2.05, 4.69) is 0 Å². The number of likely N-dealkylation sites (N-methyl/N-ethyl adjacent to an activating group) is 1. The number of hydrogen-bond acceptors (Lipinski definition) is 6. The zero-order valence-corrected chi connectivity index (χ0v) is 24.6. The summed E-state index contributed by atoms with van der Waals surface area (Å²) >= 11 is 0. The number of aromatic carboxylic acids is 1. The lowest BCUT2D eigenvalue weighted by Crippen LogP contribution is -2.46. The van der Waals surface area contributed by atoms with E-state index in [0.29, 0.717) is 29.1 Å². The molecular weight excluding hydrogens is 571 g/mol. The number of halogens is 1. The number of rotatable bonds is 7. The summed E-state index contributed by atoms with van der Waals surface area (Å²) in [5.41, 5.74) is 2.21. The van der Waals surface area contributed by atoms with Gasteiger partial charge in [-0.05, 0) is 60.7 Å². The number of sulfonamides is 1. The Morgan fingerprint density at radius 2 is 1.81 bits per heavy atom. The van der Waals surface area contributed by atoms with Crippen LogP contribution in [0.25, 0.3) is 11.1 Å². The maximum Gasteiger partial charge on any atom is 0.338 e. The number of hydrogen-bond donors (Lipinski definition) is 1. The minimum atomic E-state index is -4.01. The summed E-state index contributed by atoms with van der Waals surface area (Å²) < 4.78 is 56.2. The number of carbonyl (C=O) groups is 1. The molecule has 2 aliphatic rings. The maximum absolute atomic E-state index is 14.4. The standard InChI is InChI=1S/C33H33FN2O6S/c1-35-30(23-8-4-2-5-9-23)19-36(25-10-6-3-7-11-25)29-18-31(42-21-22-14-15-41-20-22)26(17-32(29)43(35,39)40)24-12-13-28(34)27(16-24)33(37)38/h3,6-7,10-18,20,23,30H,2,4-5,8-9,19,21H2,1H3,(H,37,38)/t30-/m0/s1. The largest absolute Gasteiger partial charge is 0.488 e. The Balaban J connectivity index is 1.57. The number of para-hydroxylation sites is 1. The van der Waals surface area contributed by atoms with Crippen LogP contribution in [0.3, 0.4) is 0 Å². The monoisotopic (exact) mass is 604 g/mol. The van der Waals surface area contributed by atoms with Crippen molar-refractivity contribution < 1.29 is 31.9 Å². The molecule has 1 fully saturated rings. The van der Waals surface area contributed by atoms with Crippen LogP contribution in [-0.4, -0.2) is 43.4 Å². The molecule has 0 spiro atoms. The van der Waals surface area contributed by atoms with Crippen LogP contribution in [0.15, 0.2) is 88.6 Å². The Bertz CT molecular complexity index is 1720. The molecule has 10 heteroatoms. The van der Waals surface area contributed by atoms with Crippen LogP contribution in [0.5, 0.6) is 5.75 Å². The van der Waals surface area contributed by atoms with Crippen molar-refractivity contribution in [2.45, 2.75) is 49.6 Å². The number of nitrogens with zero attached hydrogens (tertiary/aromatic N) is 2. The van der Waals surface area contributed by atoms with Gasteiger partial charge in [0.15, 0.2) is 0 Å². The Morgan fingerprint density at radius 1 is 1.05 bits per heavy atom. The van der Waals surface area contributed by atoms with Crippen LogP contribution in [0, 0.1) is 11.7 Å². The lowest BCUT2D eigenvalue weighted by Gasteiger charge is -2.36. The van der Waals surface area contributed by atoms with Gasteiger partial charge in [-0.1, -0.05) is 43.5 Å². The third-order valence-corrected chi connectivity index (χ3v) is 10.5. The predicted octanol–water partition coefficient (Wildman–Crippen LogP) is 7.08. The third-order valence-electron chi connectivity index (χ3n) is 8.59. The molecule has 8 nitrogen and oxygen atoms in total. The Kier molecular flexibility index (Phi) is 7.98. The van der Waals surface area contributed by atoms with E-state index in [1.54, 1.807) is 25.4 Å². The van der Waals surface area contributed by atoms with Crippen LogP contribution in [-0.2, 0) is 16.6 Å². The van der Waals surface area contributed by atoms with Crippen LogP contribution < -0.4 is 9.64 Å². The first-order chi connectivity index (χ1) is 20.7. The third kappa shape index (κ3) is 5.64. The topological polar surface area (TPSA) is 100 Å². The number of carboxylic acids is 1. The van der Waals surface area contributed by atoms with Crippen LogP contribution >= 0.6 is 0 Å². The highest BCUT2D eigenvalue weighted by Crippen LogP contribution is 2.46. The first-order valence-corrected chi connectivity index (χ1v) is 15.8. The molecule has 0 bridgehead atoms. The van der Waals surface area contributed by atoms with E-state index < -0.39 is 27.4 Å². The van der Waals surface area contributed by atoms with Gasteiger partial charge in [-0.2, -0.15) is 4.31 Å². The van der Waals surface area contributed by atoms with Crippen molar-refractivity contribution in [1.29, 1.82) is 0 Å². The lowest BCUT2D eigenvalue weighted by atomic mass is 9.83. The molecule has 0 saturated heterocycles. The number of benzene rings is 3. The SMILES string of the molecule is CN1[C@H](C2CCCCC2)CN(c2ccccc2)c2cc(OCc3ccoc3)c(-c3ccc(F)c(C(=O)O)c3)cc2S1(=O)=O. The molecule has 1 aliphatic heterocycles. The van der Waals surface area contributed by atoms with Crippen molar-refractivity contribution in [2.24, 2.45) is 5.92 Å². The van der Waals surface area contributed by atoms with E-state index in [-0.39, 0.29) is 23.5 Å². The summed E-state index contributed by atoms with van der Waals surface area (Å²) in [4.78, 5) is 13.9. The fourth-order valence-electron chi connectivity index (χ4n) is 6.26. The van der Waals surface area contributed by atoms with Gasteiger partial charge in [0.2, 0.25) is 10.0 Å². The summed E-state index contributed by atoms with van der Waals surface area (Å²) in [5, 5.41) is 9.60. The predicted molar refractivity (Wildman–Crippen MR) is 161 cm³/mol. The van der Waals surface area contributed by atoms with Gasteiger partial charge in [0, 0.05) is 42.5 Å². The van der Waals surface area contributed by atoms with Gasteiger partial charge >= 0.3 is 5.97 Å². The van der Waals surface area contributed by atoms with Gasteiger partial charge in [-0.15, -0.1) is 0 Å². The normalized spacial score (nSPS) is 19.0. The van der Waals surface area contributed by atoms with Gasteiger partial charge in [-0.3, -0.25) is 0 Å². The second kappa shape index (κ2) is 11.9. The molecule has 3 aromatic carbocycles. The van der Waals surface area contributed by atoms with E-state index in [1.165, 1.54) is 28.8 Å². The molecular formula is C33H33FN2O6S. The lowest BCUT2D eigenvalue weighted by molar-refractivity contribution is 0.0692. The number of anilines is 2. The number of ether oxygens (including phenoxy) is 1. The minimum Gasteiger partial charge on any atom is -0.488 e. The van der Waals surface area contributed by atoms with E-state index in [4.69, 9.17) is 9.15 Å². The Labute approximate surface area is 250 Å². The molecule has 224 valence electrons. The first-order valence-electron chi connectivity index (χ1n) is 14.4. The fourth-order valence-corrected chi connectivity index (χ4v) is 7.86. The zero-order chi connectivity index (χ0) is 30.1. The highest BCUT2D eigenvalue weighted by molar-refractivity contribution is 7.89. The summed E-state index contributed by atoms with van der Waals surface area (Å²) in [6.07, 6.45) is 8.29. The molecule has 1 N–H and O–H groups in total. The van der Waals surface area contributed by atoms with Gasteiger partial charge in [-0.25, -0.2) is 17.6 Å². The zero-order valence-electron chi connectivity index (χ0n) is 23.8. The first kappa shape index (κ1) is 28.9. The molecule has 1 aliphatic carbocycles. The summed E-state index contributed by atoms with van der Waals surface area (Å²) in [7, 11) is -2.36. The second-order valence-corrected chi connectivity index (χ2v) is 13.1. The molecule has 0 amide bonds. The van der Waals surface area contributed by atoms with Crippen LogP contribution in [0.1, 0.15) is 48.0 Å². The molecule has 1 saturated carbocycles. The molecule has 1 aromatic heterocycles. The molecule has 2 heterocycles. The van der Waals surface area contributed by atoms with Gasteiger partial charge in [0.05, 0.1) is 23.8 Å². The highest BCUT2D eigenvalue weighted by atomic mass is 32.2. The minimum absolute atomic E-state index is 0.0732.